The topological polar surface area (TPSA) is 37.8 Å². The zero-order valence-corrected chi connectivity index (χ0v) is 16.5. The van der Waals surface area contributed by atoms with E-state index in [4.69, 9.17) is 0 Å². The minimum atomic E-state index is 0.669. The lowest BCUT2D eigenvalue weighted by molar-refractivity contribution is 0.607. The number of aromatic nitrogens is 2. The molecule has 0 atom stereocenters. The van der Waals surface area contributed by atoms with Crippen LogP contribution in [-0.4, -0.2) is 16.5 Å². The fourth-order valence-electron chi connectivity index (χ4n) is 3.13. The average Bonchev–Trinajstić information content (AvgIpc) is 3.22. The molecule has 4 aromatic rings. The Balaban J connectivity index is 1.64. The van der Waals surface area contributed by atoms with Crippen LogP contribution in [0.2, 0.25) is 0 Å². The fourth-order valence-corrected chi connectivity index (χ4v) is 3.86. The van der Waals surface area contributed by atoms with Crippen molar-refractivity contribution in [3.63, 3.8) is 0 Å². The molecule has 2 aromatic heterocycles. The highest BCUT2D eigenvalue weighted by Gasteiger charge is 2.07. The molecule has 0 aliphatic rings. The van der Waals surface area contributed by atoms with Gasteiger partial charge in [0.05, 0.1) is 5.52 Å². The molecule has 0 unspecified atom stereocenters. The minimum Gasteiger partial charge on any atom is -0.369 e. The van der Waals surface area contributed by atoms with E-state index in [-0.39, 0.29) is 0 Å². The fraction of sp³-hybridized carbons (Fsp3) is 0.217. The molecule has 0 radical (unpaired) electrons. The summed E-state index contributed by atoms with van der Waals surface area (Å²) in [5, 5.41) is 6.66. The van der Waals surface area contributed by atoms with E-state index < -0.39 is 0 Å². The van der Waals surface area contributed by atoms with Crippen LogP contribution in [0.15, 0.2) is 66.3 Å². The van der Waals surface area contributed by atoms with Crippen molar-refractivity contribution in [1.29, 1.82) is 0 Å². The summed E-state index contributed by atoms with van der Waals surface area (Å²) in [5.41, 5.74) is 4.61. The molecule has 0 saturated carbocycles. The molecule has 3 nitrogen and oxygen atoms in total. The van der Waals surface area contributed by atoms with Crippen LogP contribution >= 0.6 is 11.3 Å². The monoisotopic (exact) mass is 373 g/mol. The summed E-state index contributed by atoms with van der Waals surface area (Å²) in [6, 6.07) is 19.4. The molecular formula is C23H23N3S. The molecule has 0 amide bonds. The standard InChI is InChI=1S/C23H23N3S/c1-16(2)11-12-24-23-20-14-19(9-10-21(20)25-15-26-23)17-5-7-18(8-6-17)22-4-3-13-27-22/h3-10,13-16H,11-12H2,1-2H3,(H,24,25,26). The maximum atomic E-state index is 4.47. The van der Waals surface area contributed by atoms with E-state index >= 15 is 0 Å². The van der Waals surface area contributed by atoms with Gasteiger partial charge >= 0.3 is 0 Å². The van der Waals surface area contributed by atoms with Crippen LogP contribution in [0.4, 0.5) is 5.82 Å². The third kappa shape index (κ3) is 4.01. The summed E-state index contributed by atoms with van der Waals surface area (Å²) >= 11 is 1.77. The molecule has 0 aliphatic heterocycles. The van der Waals surface area contributed by atoms with Crippen molar-refractivity contribution < 1.29 is 0 Å². The maximum Gasteiger partial charge on any atom is 0.137 e. The smallest absolute Gasteiger partial charge is 0.137 e. The summed E-state index contributed by atoms with van der Waals surface area (Å²) in [7, 11) is 0. The molecule has 27 heavy (non-hydrogen) atoms. The number of anilines is 1. The van der Waals surface area contributed by atoms with Gasteiger partial charge in [0, 0.05) is 16.8 Å². The molecule has 0 bridgehead atoms. The van der Waals surface area contributed by atoms with Gasteiger partial charge in [-0.3, -0.25) is 0 Å². The first-order valence-electron chi connectivity index (χ1n) is 9.33. The quantitative estimate of drug-likeness (QED) is 0.420. The van der Waals surface area contributed by atoms with E-state index in [2.05, 4.69) is 89.1 Å². The number of hydrogen-bond acceptors (Lipinski definition) is 4. The van der Waals surface area contributed by atoms with Crippen molar-refractivity contribution >= 4 is 28.1 Å². The third-order valence-electron chi connectivity index (χ3n) is 4.67. The highest BCUT2D eigenvalue weighted by Crippen LogP contribution is 2.30. The predicted octanol–water partition coefficient (Wildman–Crippen LogP) is 6.48. The molecule has 1 N–H and O–H groups in total. The number of hydrogen-bond donors (Lipinski definition) is 1. The Morgan fingerprint density at radius 3 is 2.44 bits per heavy atom. The normalized spacial score (nSPS) is 11.2. The second-order valence-electron chi connectivity index (χ2n) is 7.12. The predicted molar refractivity (Wildman–Crippen MR) is 116 cm³/mol. The zero-order valence-electron chi connectivity index (χ0n) is 15.6. The van der Waals surface area contributed by atoms with E-state index in [0.717, 1.165) is 29.7 Å². The summed E-state index contributed by atoms with van der Waals surface area (Å²) in [6.45, 7) is 5.39. The van der Waals surface area contributed by atoms with Gasteiger partial charge in [-0.2, -0.15) is 0 Å². The highest BCUT2D eigenvalue weighted by molar-refractivity contribution is 7.13. The molecule has 4 heteroatoms. The van der Waals surface area contributed by atoms with Crippen LogP contribution in [0.5, 0.6) is 0 Å². The van der Waals surface area contributed by atoms with E-state index in [1.807, 2.05) is 0 Å². The SMILES string of the molecule is CC(C)CCNc1ncnc2ccc(-c3ccc(-c4cccs4)cc3)cc12. The van der Waals surface area contributed by atoms with E-state index in [0.29, 0.717) is 5.92 Å². The zero-order chi connectivity index (χ0) is 18.6. The van der Waals surface area contributed by atoms with Crippen molar-refractivity contribution in [2.24, 2.45) is 5.92 Å². The van der Waals surface area contributed by atoms with Gasteiger partial charge in [0.25, 0.3) is 0 Å². The van der Waals surface area contributed by atoms with Crippen molar-refractivity contribution in [3.8, 4) is 21.6 Å². The molecule has 0 fully saturated rings. The molecule has 0 aliphatic carbocycles. The van der Waals surface area contributed by atoms with Gasteiger partial charge in [0.1, 0.15) is 12.1 Å². The maximum absolute atomic E-state index is 4.47. The van der Waals surface area contributed by atoms with Crippen LogP contribution in [-0.2, 0) is 0 Å². The lowest BCUT2D eigenvalue weighted by atomic mass is 10.0. The number of nitrogens with zero attached hydrogens (tertiary/aromatic N) is 2. The summed E-state index contributed by atoms with van der Waals surface area (Å²) in [4.78, 5) is 10.2. The molecular weight excluding hydrogens is 350 g/mol. The Labute approximate surface area is 164 Å². The lowest BCUT2D eigenvalue weighted by Gasteiger charge is -2.11. The van der Waals surface area contributed by atoms with Crippen molar-refractivity contribution in [3.05, 3.63) is 66.3 Å². The summed E-state index contributed by atoms with van der Waals surface area (Å²) in [6.07, 6.45) is 2.75. The largest absolute Gasteiger partial charge is 0.369 e. The van der Waals surface area contributed by atoms with Gasteiger partial charge in [-0.25, -0.2) is 9.97 Å². The van der Waals surface area contributed by atoms with Crippen molar-refractivity contribution in [2.45, 2.75) is 20.3 Å². The van der Waals surface area contributed by atoms with Gasteiger partial charge < -0.3 is 5.32 Å². The van der Waals surface area contributed by atoms with Gasteiger partial charge in [0.15, 0.2) is 0 Å². The van der Waals surface area contributed by atoms with Crippen LogP contribution in [0.25, 0.3) is 32.5 Å². The number of rotatable bonds is 6. The summed E-state index contributed by atoms with van der Waals surface area (Å²) in [5.74, 6) is 1.58. The Bertz CT molecular complexity index is 1020. The Kier molecular flexibility index (Phi) is 5.16. The first-order valence-corrected chi connectivity index (χ1v) is 10.2. The van der Waals surface area contributed by atoms with Gasteiger partial charge in [0.2, 0.25) is 0 Å². The lowest BCUT2D eigenvalue weighted by Crippen LogP contribution is -2.06. The number of thiophene rings is 1. The van der Waals surface area contributed by atoms with Gasteiger partial charge in [-0.05, 0) is 52.6 Å². The van der Waals surface area contributed by atoms with Crippen LogP contribution in [0.3, 0.4) is 0 Å². The Morgan fingerprint density at radius 2 is 1.70 bits per heavy atom. The highest BCUT2D eigenvalue weighted by atomic mass is 32.1. The van der Waals surface area contributed by atoms with Crippen LogP contribution < -0.4 is 5.32 Å². The number of nitrogens with one attached hydrogen (secondary N) is 1. The number of fused-ring (bicyclic) bond motifs is 1. The second-order valence-corrected chi connectivity index (χ2v) is 8.07. The minimum absolute atomic E-state index is 0.669. The molecule has 2 heterocycles. The van der Waals surface area contributed by atoms with Crippen LogP contribution in [0, 0.1) is 5.92 Å². The Hall–Kier alpha value is -2.72. The van der Waals surface area contributed by atoms with Crippen molar-refractivity contribution in [2.75, 3.05) is 11.9 Å². The van der Waals surface area contributed by atoms with E-state index in [1.165, 1.54) is 21.6 Å². The Morgan fingerprint density at radius 1 is 0.926 bits per heavy atom. The van der Waals surface area contributed by atoms with Gasteiger partial charge in [-0.1, -0.05) is 50.2 Å². The third-order valence-corrected chi connectivity index (χ3v) is 5.59. The first kappa shape index (κ1) is 17.7. The van der Waals surface area contributed by atoms with Crippen LogP contribution in [0.1, 0.15) is 20.3 Å². The van der Waals surface area contributed by atoms with E-state index in [1.54, 1.807) is 17.7 Å². The summed E-state index contributed by atoms with van der Waals surface area (Å²) < 4.78 is 0. The first-order chi connectivity index (χ1) is 13.2. The van der Waals surface area contributed by atoms with Crippen molar-refractivity contribution in [1.82, 2.24) is 9.97 Å². The molecule has 0 spiro atoms. The molecule has 2 aromatic carbocycles. The van der Waals surface area contributed by atoms with Gasteiger partial charge in [-0.15, -0.1) is 11.3 Å². The van der Waals surface area contributed by atoms with E-state index in [9.17, 15) is 0 Å². The molecule has 136 valence electrons. The second kappa shape index (κ2) is 7.89. The average molecular weight is 374 g/mol. The molecule has 0 saturated heterocycles. The molecule has 4 rings (SSSR count). The number of benzene rings is 2.